The Balaban J connectivity index is 0.00000136. The van der Waals surface area contributed by atoms with Crippen LogP contribution < -0.4 is 4.74 Å². The van der Waals surface area contributed by atoms with Crippen molar-refractivity contribution in [1.82, 2.24) is 14.7 Å². The van der Waals surface area contributed by atoms with Crippen molar-refractivity contribution in [1.29, 1.82) is 0 Å². The summed E-state index contributed by atoms with van der Waals surface area (Å²) in [5, 5.41) is 0. The molecule has 0 bridgehead atoms. The molecule has 0 N–H and O–H groups in total. The average molecular weight is 676 g/mol. The van der Waals surface area contributed by atoms with Gasteiger partial charge in [0.25, 0.3) is 0 Å². The van der Waals surface area contributed by atoms with Crippen molar-refractivity contribution in [2.45, 2.75) is 78.4 Å². The van der Waals surface area contributed by atoms with E-state index in [0.29, 0.717) is 12.3 Å². The Morgan fingerprint density at radius 2 is 1.20 bits per heavy atom. The topological polar surface area (TPSA) is 36.0 Å². The second kappa shape index (κ2) is 22.1. The number of carbonyl (C=O) groups excluding carboxylic acids is 1. The molecule has 0 atom stereocenters. The van der Waals surface area contributed by atoms with E-state index in [2.05, 4.69) is 106 Å². The molecule has 268 valence electrons. The van der Waals surface area contributed by atoms with Crippen LogP contribution in [0.15, 0.2) is 115 Å². The first-order chi connectivity index (χ1) is 24.7. The lowest BCUT2D eigenvalue weighted by Gasteiger charge is -2.34. The summed E-state index contributed by atoms with van der Waals surface area (Å²) in [5.74, 6) is 1.41. The summed E-state index contributed by atoms with van der Waals surface area (Å²) in [6.07, 6.45) is 4.76. The van der Waals surface area contributed by atoms with Crippen LogP contribution in [-0.2, 0) is 6.54 Å². The Bertz CT molecular complexity index is 1420. The van der Waals surface area contributed by atoms with Crippen LogP contribution in [0.1, 0.15) is 92.8 Å². The van der Waals surface area contributed by atoms with E-state index >= 15 is 0 Å². The first kappa shape index (κ1) is 39.0. The monoisotopic (exact) mass is 675 g/mol. The lowest BCUT2D eigenvalue weighted by molar-refractivity contribution is 0.0956. The number of piperazine rings is 1. The van der Waals surface area contributed by atoms with E-state index in [1.54, 1.807) is 0 Å². The van der Waals surface area contributed by atoms with E-state index in [1.165, 1.54) is 16.7 Å². The maximum absolute atomic E-state index is 13.1. The quantitative estimate of drug-likeness (QED) is 0.0983. The molecule has 2 saturated heterocycles. The molecule has 0 aliphatic carbocycles. The highest BCUT2D eigenvalue weighted by molar-refractivity contribution is 5.96. The molecule has 0 spiro atoms. The van der Waals surface area contributed by atoms with Crippen molar-refractivity contribution in [3.63, 3.8) is 0 Å². The summed E-state index contributed by atoms with van der Waals surface area (Å²) in [4.78, 5) is 20.7. The Morgan fingerprint density at radius 3 is 1.80 bits per heavy atom. The zero-order valence-corrected chi connectivity index (χ0v) is 31.2. The summed E-state index contributed by atoms with van der Waals surface area (Å²) >= 11 is 0. The number of ketones is 1. The number of benzene rings is 4. The van der Waals surface area contributed by atoms with Crippen molar-refractivity contribution < 1.29 is 9.53 Å². The minimum Gasteiger partial charge on any atom is -0.490 e. The van der Waals surface area contributed by atoms with E-state index in [0.717, 1.165) is 95.9 Å². The summed E-state index contributed by atoms with van der Waals surface area (Å²) < 4.78 is 6.43. The molecule has 2 heterocycles. The molecule has 50 heavy (non-hydrogen) atoms. The Morgan fingerprint density at radius 1 is 0.640 bits per heavy atom. The third-order valence-electron chi connectivity index (χ3n) is 9.68. The number of hydrogen-bond donors (Lipinski definition) is 0. The Hall–Kier alpha value is -3.77. The second-order valence-electron chi connectivity index (χ2n) is 13.0. The predicted octanol–water partition coefficient (Wildman–Crippen LogP) is 9.59. The standard InChI is InChI=1S/C41H49N3O2.2C2H6/c45-41(21-10-11-24-42-27-29-44(30-28-42)32-34-13-4-1-5-14-34)37-19-12-20-39(31-37)46-38-22-25-43(26-23-38)33-40(35-15-6-2-7-16-35)36-17-8-3-9-18-36;2*1-2/h1-9,12-20,31,38,40H,10-11,21-30,32-33H2;2*1-2H3. The number of carbonyl (C=O) groups is 1. The fourth-order valence-corrected chi connectivity index (χ4v) is 6.96. The number of hydrogen-bond acceptors (Lipinski definition) is 5. The third kappa shape index (κ3) is 12.5. The molecule has 5 nitrogen and oxygen atoms in total. The molecule has 6 rings (SSSR count). The molecule has 0 radical (unpaired) electrons. The highest BCUT2D eigenvalue weighted by Crippen LogP contribution is 2.28. The van der Waals surface area contributed by atoms with Crippen molar-refractivity contribution in [2.75, 3.05) is 52.4 Å². The fourth-order valence-electron chi connectivity index (χ4n) is 6.96. The minimum absolute atomic E-state index is 0.182. The minimum atomic E-state index is 0.182. The molecule has 2 aliphatic heterocycles. The fraction of sp³-hybridized carbons (Fsp3) is 0.444. The molecule has 5 heteroatoms. The molecule has 2 aliphatic rings. The van der Waals surface area contributed by atoms with Gasteiger partial charge in [-0.3, -0.25) is 9.69 Å². The summed E-state index contributed by atoms with van der Waals surface area (Å²) in [7, 11) is 0. The van der Waals surface area contributed by atoms with Gasteiger partial charge in [-0.2, -0.15) is 0 Å². The van der Waals surface area contributed by atoms with Gasteiger partial charge in [0.15, 0.2) is 5.78 Å². The van der Waals surface area contributed by atoms with Crippen LogP contribution in [0.3, 0.4) is 0 Å². The van der Waals surface area contributed by atoms with Gasteiger partial charge < -0.3 is 14.5 Å². The summed E-state index contributed by atoms with van der Waals surface area (Å²) in [5.41, 5.74) is 4.90. The van der Waals surface area contributed by atoms with Crippen LogP contribution in [-0.4, -0.2) is 78.9 Å². The molecule has 2 fully saturated rings. The van der Waals surface area contributed by atoms with Crippen molar-refractivity contribution in [3.8, 4) is 5.75 Å². The van der Waals surface area contributed by atoms with Gasteiger partial charge in [-0.15, -0.1) is 0 Å². The Labute approximate surface area is 303 Å². The Kier molecular flexibility index (Phi) is 17.3. The molecule has 0 unspecified atom stereocenters. The maximum Gasteiger partial charge on any atom is 0.163 e. The zero-order chi connectivity index (χ0) is 35.4. The predicted molar refractivity (Wildman–Crippen MR) is 210 cm³/mol. The average Bonchev–Trinajstić information content (AvgIpc) is 3.19. The van der Waals surface area contributed by atoms with E-state index in [9.17, 15) is 4.79 Å². The van der Waals surface area contributed by atoms with E-state index in [-0.39, 0.29) is 11.9 Å². The molecule has 4 aromatic rings. The summed E-state index contributed by atoms with van der Waals surface area (Å²) in [6.45, 7) is 17.6. The smallest absolute Gasteiger partial charge is 0.163 e. The number of piperidine rings is 1. The molecule has 4 aromatic carbocycles. The van der Waals surface area contributed by atoms with Crippen LogP contribution in [0.4, 0.5) is 0 Å². The van der Waals surface area contributed by atoms with Gasteiger partial charge in [-0.05, 0) is 61.1 Å². The highest BCUT2D eigenvalue weighted by atomic mass is 16.5. The number of unbranched alkanes of at least 4 members (excludes halogenated alkanes) is 1. The normalized spacial score (nSPS) is 15.8. The molecular weight excluding hydrogens is 615 g/mol. The van der Waals surface area contributed by atoms with Crippen molar-refractivity contribution in [3.05, 3.63) is 138 Å². The lowest BCUT2D eigenvalue weighted by atomic mass is 9.90. The van der Waals surface area contributed by atoms with Crippen LogP contribution in [0, 0.1) is 0 Å². The lowest BCUT2D eigenvalue weighted by Crippen LogP contribution is -2.46. The van der Waals surface area contributed by atoms with Crippen LogP contribution >= 0.6 is 0 Å². The van der Waals surface area contributed by atoms with Gasteiger partial charge in [-0.25, -0.2) is 0 Å². The molecule has 0 amide bonds. The van der Waals surface area contributed by atoms with Gasteiger partial charge in [0.05, 0.1) is 0 Å². The first-order valence-corrected chi connectivity index (χ1v) is 19.3. The van der Waals surface area contributed by atoms with E-state index in [1.807, 2.05) is 52.0 Å². The molecule has 0 aromatic heterocycles. The third-order valence-corrected chi connectivity index (χ3v) is 9.68. The van der Waals surface area contributed by atoms with Gasteiger partial charge in [0.1, 0.15) is 11.9 Å². The van der Waals surface area contributed by atoms with E-state index in [4.69, 9.17) is 4.74 Å². The number of rotatable bonds is 14. The number of likely N-dealkylation sites (tertiary alicyclic amines) is 1. The molecular formula is C45H61N3O2. The maximum atomic E-state index is 13.1. The van der Waals surface area contributed by atoms with Gasteiger partial charge >= 0.3 is 0 Å². The largest absolute Gasteiger partial charge is 0.490 e. The van der Waals surface area contributed by atoms with Crippen LogP contribution in [0.5, 0.6) is 5.75 Å². The van der Waals surface area contributed by atoms with Gasteiger partial charge in [0, 0.05) is 70.3 Å². The summed E-state index contributed by atoms with van der Waals surface area (Å²) in [6, 6.07) is 40.3. The zero-order valence-electron chi connectivity index (χ0n) is 31.2. The number of ether oxygens (including phenoxy) is 1. The highest BCUT2D eigenvalue weighted by Gasteiger charge is 2.25. The SMILES string of the molecule is CC.CC.O=C(CCCCN1CCN(Cc2ccccc2)CC1)c1cccc(OC2CCN(CC(c3ccccc3)c3ccccc3)CC2)c1. The van der Waals surface area contributed by atoms with Crippen molar-refractivity contribution >= 4 is 5.78 Å². The second-order valence-corrected chi connectivity index (χ2v) is 13.0. The van der Waals surface area contributed by atoms with Crippen molar-refractivity contribution in [2.24, 2.45) is 0 Å². The van der Waals surface area contributed by atoms with Crippen LogP contribution in [0.2, 0.25) is 0 Å². The van der Waals surface area contributed by atoms with Gasteiger partial charge in [-0.1, -0.05) is 131 Å². The number of nitrogens with zero attached hydrogens (tertiary/aromatic N) is 3. The van der Waals surface area contributed by atoms with Gasteiger partial charge in [0.2, 0.25) is 0 Å². The molecule has 0 saturated carbocycles. The number of Topliss-reactive ketones (excluding diaryl/α,β-unsaturated/α-hetero) is 1. The van der Waals surface area contributed by atoms with Crippen LogP contribution in [0.25, 0.3) is 0 Å². The van der Waals surface area contributed by atoms with E-state index < -0.39 is 0 Å². The first-order valence-electron chi connectivity index (χ1n) is 19.3.